The lowest BCUT2D eigenvalue weighted by Crippen LogP contribution is -2.63. The van der Waals surface area contributed by atoms with Crippen molar-refractivity contribution >= 4 is 5.91 Å². The van der Waals surface area contributed by atoms with Crippen LogP contribution in [-0.2, 0) is 4.79 Å². The minimum absolute atomic E-state index is 0.308. The van der Waals surface area contributed by atoms with Crippen molar-refractivity contribution in [3.8, 4) is 0 Å². The third-order valence-corrected chi connectivity index (χ3v) is 11.0. The molecular weight excluding hydrogens is 366 g/mol. The molecule has 1 heterocycles. The van der Waals surface area contributed by atoms with Crippen LogP contribution in [-0.4, -0.2) is 11.9 Å². The van der Waals surface area contributed by atoms with Crippen molar-refractivity contribution < 1.29 is 4.79 Å². The second kappa shape index (κ2) is 8.43. The van der Waals surface area contributed by atoms with Crippen LogP contribution in [0, 0.1) is 52.3 Å². The lowest BCUT2D eigenvalue weighted by Gasteiger charge is -2.63. The van der Waals surface area contributed by atoms with Gasteiger partial charge in [-0.3, -0.25) is 4.79 Å². The van der Waals surface area contributed by atoms with Crippen molar-refractivity contribution in [1.29, 1.82) is 0 Å². The van der Waals surface area contributed by atoms with Crippen LogP contribution < -0.4 is 5.32 Å². The molecule has 2 heteroatoms. The molecule has 0 aromatic heterocycles. The molecule has 0 spiro atoms. The molecule has 0 aromatic rings. The number of rotatable bonds is 6. The van der Waals surface area contributed by atoms with Gasteiger partial charge in [-0.25, -0.2) is 0 Å². The molecule has 1 saturated heterocycles. The van der Waals surface area contributed by atoms with E-state index in [0.29, 0.717) is 22.8 Å². The Morgan fingerprint density at radius 1 is 1.00 bits per heavy atom. The summed E-state index contributed by atoms with van der Waals surface area (Å²) in [6, 6.07) is 0.432. The highest BCUT2D eigenvalue weighted by atomic mass is 16.1. The number of nitrogens with one attached hydrogen (secondary N) is 1. The van der Waals surface area contributed by atoms with Gasteiger partial charge in [0.2, 0.25) is 5.91 Å². The van der Waals surface area contributed by atoms with Crippen molar-refractivity contribution in [2.24, 2.45) is 52.3 Å². The molecule has 1 N–H and O–H groups in total. The molecule has 0 radical (unpaired) electrons. The first-order valence-electron chi connectivity index (χ1n) is 13.5. The van der Waals surface area contributed by atoms with Gasteiger partial charge >= 0.3 is 0 Å². The Morgan fingerprint density at radius 3 is 2.43 bits per heavy atom. The maximum absolute atomic E-state index is 12.2. The predicted molar refractivity (Wildman–Crippen MR) is 126 cm³/mol. The monoisotopic (exact) mass is 415 g/mol. The molecule has 0 aromatic carbocycles. The van der Waals surface area contributed by atoms with Crippen LogP contribution in [0.2, 0.25) is 0 Å². The maximum Gasteiger partial charge on any atom is 0.220 e. The zero-order valence-electron chi connectivity index (χ0n) is 20.8. The van der Waals surface area contributed by atoms with Crippen molar-refractivity contribution in [3.63, 3.8) is 0 Å². The van der Waals surface area contributed by atoms with Gasteiger partial charge in [-0.1, -0.05) is 67.2 Å². The SMILES string of the molecule is CCC1CC2NC(=O)CC[C@]2(C)C2CC[C@]3(C)C(C(C)CCCC(C)C)CCC3C12. The molecule has 9 atom stereocenters. The second-order valence-corrected chi connectivity index (χ2v) is 12.9. The maximum atomic E-state index is 12.2. The Kier molecular flexibility index (Phi) is 6.37. The fourth-order valence-electron chi connectivity index (χ4n) is 9.31. The number of carbonyl (C=O) groups is 1. The average Bonchev–Trinajstić information content (AvgIpc) is 3.05. The minimum Gasteiger partial charge on any atom is -0.353 e. The van der Waals surface area contributed by atoms with E-state index in [4.69, 9.17) is 0 Å². The summed E-state index contributed by atoms with van der Waals surface area (Å²) in [5, 5.41) is 3.45. The Morgan fingerprint density at radius 2 is 1.73 bits per heavy atom. The summed E-state index contributed by atoms with van der Waals surface area (Å²) in [7, 11) is 0. The van der Waals surface area contributed by atoms with Crippen LogP contribution in [0.4, 0.5) is 0 Å². The van der Waals surface area contributed by atoms with Crippen LogP contribution >= 0.6 is 0 Å². The van der Waals surface area contributed by atoms with E-state index in [0.717, 1.165) is 54.3 Å². The average molecular weight is 416 g/mol. The summed E-state index contributed by atoms with van der Waals surface area (Å²) in [5.74, 6) is 6.44. The second-order valence-electron chi connectivity index (χ2n) is 12.9. The minimum atomic E-state index is 0.308. The standard InChI is InChI=1S/C28H49NO/c1-7-20-17-24-28(6,16-14-25(30)29-24)23-13-15-27(5)21(11-12-22(27)26(20)23)19(4)10-8-9-18(2)3/h18-24,26H,7-17H2,1-6H3,(H,29,30)/t19?,20?,21?,22?,23?,24?,26?,27-,28-/m1/s1. The lowest BCUT2D eigenvalue weighted by atomic mass is 9.44. The predicted octanol–water partition coefficient (Wildman–Crippen LogP) is 7.22. The van der Waals surface area contributed by atoms with E-state index in [9.17, 15) is 4.79 Å². The molecule has 2 nitrogen and oxygen atoms in total. The summed E-state index contributed by atoms with van der Waals surface area (Å²) in [6.45, 7) is 15.0. The van der Waals surface area contributed by atoms with Crippen LogP contribution in [0.3, 0.4) is 0 Å². The van der Waals surface area contributed by atoms with Gasteiger partial charge in [0, 0.05) is 12.5 Å². The third-order valence-electron chi connectivity index (χ3n) is 11.0. The molecule has 3 saturated carbocycles. The van der Waals surface area contributed by atoms with Crippen LogP contribution in [0.25, 0.3) is 0 Å². The van der Waals surface area contributed by atoms with E-state index in [2.05, 4.69) is 46.9 Å². The van der Waals surface area contributed by atoms with Crippen molar-refractivity contribution in [1.82, 2.24) is 5.32 Å². The molecule has 1 amide bonds. The van der Waals surface area contributed by atoms with Crippen molar-refractivity contribution in [2.45, 2.75) is 118 Å². The molecule has 172 valence electrons. The van der Waals surface area contributed by atoms with E-state index in [1.807, 2.05) is 0 Å². The van der Waals surface area contributed by atoms with Gasteiger partial charge in [0.1, 0.15) is 0 Å². The molecule has 4 rings (SSSR count). The van der Waals surface area contributed by atoms with Gasteiger partial charge in [-0.15, -0.1) is 0 Å². The summed E-state index contributed by atoms with van der Waals surface area (Å²) >= 11 is 0. The van der Waals surface area contributed by atoms with Gasteiger partial charge in [0.15, 0.2) is 0 Å². The fraction of sp³-hybridized carbons (Fsp3) is 0.964. The number of fused-ring (bicyclic) bond motifs is 5. The summed E-state index contributed by atoms with van der Waals surface area (Å²) in [5.41, 5.74) is 0.902. The highest BCUT2D eigenvalue weighted by Gasteiger charge is 2.62. The first-order valence-corrected chi connectivity index (χ1v) is 13.5. The normalized spacial score (nSPS) is 46.7. The zero-order chi connectivity index (χ0) is 21.7. The Balaban J connectivity index is 1.54. The highest BCUT2D eigenvalue weighted by Crippen LogP contribution is 2.68. The van der Waals surface area contributed by atoms with E-state index >= 15 is 0 Å². The Bertz CT molecular complexity index is 628. The molecule has 0 bridgehead atoms. The van der Waals surface area contributed by atoms with E-state index in [1.54, 1.807) is 0 Å². The van der Waals surface area contributed by atoms with Gasteiger partial charge in [0.25, 0.3) is 0 Å². The lowest BCUT2D eigenvalue weighted by molar-refractivity contribution is -0.146. The van der Waals surface area contributed by atoms with E-state index in [1.165, 1.54) is 57.8 Å². The Labute approximate surface area is 186 Å². The molecule has 3 aliphatic carbocycles. The van der Waals surface area contributed by atoms with Gasteiger partial charge in [-0.05, 0) is 90.8 Å². The number of carbonyl (C=O) groups excluding carboxylic acids is 1. The molecular formula is C28H49NO. The molecule has 30 heavy (non-hydrogen) atoms. The third kappa shape index (κ3) is 3.66. The smallest absolute Gasteiger partial charge is 0.220 e. The topological polar surface area (TPSA) is 29.1 Å². The Hall–Kier alpha value is -0.530. The fourth-order valence-corrected chi connectivity index (χ4v) is 9.31. The summed E-state index contributed by atoms with van der Waals surface area (Å²) in [4.78, 5) is 12.2. The molecule has 4 aliphatic rings. The van der Waals surface area contributed by atoms with E-state index < -0.39 is 0 Å². The van der Waals surface area contributed by atoms with E-state index in [-0.39, 0.29) is 0 Å². The van der Waals surface area contributed by atoms with Crippen LogP contribution in [0.1, 0.15) is 112 Å². The molecule has 1 aliphatic heterocycles. The summed E-state index contributed by atoms with van der Waals surface area (Å²) < 4.78 is 0. The molecule has 7 unspecified atom stereocenters. The first-order chi connectivity index (χ1) is 14.2. The number of hydrogen-bond donors (Lipinski definition) is 1. The summed E-state index contributed by atoms with van der Waals surface area (Å²) in [6.07, 6.45) is 14.4. The van der Waals surface area contributed by atoms with Crippen molar-refractivity contribution in [3.05, 3.63) is 0 Å². The molecule has 4 fully saturated rings. The highest BCUT2D eigenvalue weighted by molar-refractivity contribution is 5.77. The largest absolute Gasteiger partial charge is 0.353 e. The van der Waals surface area contributed by atoms with Gasteiger partial charge < -0.3 is 5.32 Å². The number of piperidine rings is 1. The number of amides is 1. The number of hydrogen-bond acceptors (Lipinski definition) is 1. The quantitative estimate of drug-likeness (QED) is 0.487. The first kappa shape index (κ1) is 22.7. The van der Waals surface area contributed by atoms with Gasteiger partial charge in [-0.2, -0.15) is 0 Å². The van der Waals surface area contributed by atoms with Crippen LogP contribution in [0.15, 0.2) is 0 Å². The zero-order valence-corrected chi connectivity index (χ0v) is 20.8. The van der Waals surface area contributed by atoms with Crippen molar-refractivity contribution in [2.75, 3.05) is 0 Å². The van der Waals surface area contributed by atoms with Gasteiger partial charge in [0.05, 0.1) is 0 Å². The van der Waals surface area contributed by atoms with Crippen LogP contribution in [0.5, 0.6) is 0 Å².